The summed E-state index contributed by atoms with van der Waals surface area (Å²) in [5.41, 5.74) is 5.11. The van der Waals surface area contributed by atoms with Gasteiger partial charge in [-0.05, 0) is 60.4 Å². The van der Waals surface area contributed by atoms with E-state index in [1.807, 2.05) is 12.1 Å². The highest BCUT2D eigenvalue weighted by Gasteiger charge is 2.15. The van der Waals surface area contributed by atoms with E-state index in [2.05, 4.69) is 31.3 Å². The van der Waals surface area contributed by atoms with Crippen LogP contribution in [0.1, 0.15) is 59.7 Å². The Kier molecular flexibility index (Phi) is 7.15. The van der Waals surface area contributed by atoms with Crippen molar-refractivity contribution in [3.8, 4) is 11.3 Å². The van der Waals surface area contributed by atoms with Crippen molar-refractivity contribution in [1.82, 2.24) is 5.43 Å². The molecule has 3 rings (SSSR count). The zero-order chi connectivity index (χ0) is 23.3. The van der Waals surface area contributed by atoms with Gasteiger partial charge in [-0.3, -0.25) is 4.79 Å². The molecule has 7 heteroatoms. The summed E-state index contributed by atoms with van der Waals surface area (Å²) in [4.78, 5) is 24.3. The number of carbonyl (C=O) groups is 2. The monoisotopic (exact) mass is 452 g/mol. The lowest BCUT2D eigenvalue weighted by molar-refractivity contribution is 0.0526. The highest BCUT2D eigenvalue weighted by Crippen LogP contribution is 2.27. The standard InChI is InChI=1S/C25H25ClN2O4/c1-5-31-24(30)20-14-17(8-12-21(20)26)22-13-11-19(32-22)15-27-28-23(29)16-6-9-18(10-7-16)25(2,3)4/h6-15H,5H2,1-4H3,(H,28,29)/b27-15-. The first-order chi connectivity index (χ1) is 15.2. The van der Waals surface area contributed by atoms with Crippen LogP contribution in [-0.4, -0.2) is 24.7 Å². The number of hydrogen-bond donors (Lipinski definition) is 1. The van der Waals surface area contributed by atoms with Gasteiger partial charge in [-0.2, -0.15) is 5.10 Å². The van der Waals surface area contributed by atoms with Crippen LogP contribution in [0.2, 0.25) is 5.02 Å². The highest BCUT2D eigenvalue weighted by atomic mass is 35.5. The molecule has 0 saturated carbocycles. The Morgan fingerprint density at radius 2 is 1.81 bits per heavy atom. The molecule has 2 aromatic carbocycles. The molecule has 0 fully saturated rings. The Balaban J connectivity index is 1.67. The highest BCUT2D eigenvalue weighted by molar-refractivity contribution is 6.33. The molecule has 32 heavy (non-hydrogen) atoms. The number of rotatable bonds is 6. The quantitative estimate of drug-likeness (QED) is 0.289. The number of carbonyl (C=O) groups excluding carboxylic acids is 2. The van der Waals surface area contributed by atoms with Gasteiger partial charge < -0.3 is 9.15 Å². The lowest BCUT2D eigenvalue weighted by Gasteiger charge is -2.18. The van der Waals surface area contributed by atoms with Crippen LogP contribution in [0.4, 0.5) is 0 Å². The molecular formula is C25H25ClN2O4. The van der Waals surface area contributed by atoms with Crippen LogP contribution < -0.4 is 5.43 Å². The van der Waals surface area contributed by atoms with Crippen LogP contribution in [0.5, 0.6) is 0 Å². The number of nitrogens with one attached hydrogen (secondary N) is 1. The van der Waals surface area contributed by atoms with E-state index in [1.54, 1.807) is 49.4 Å². The Labute approximate surface area is 192 Å². The van der Waals surface area contributed by atoms with Crippen LogP contribution in [0, 0.1) is 0 Å². The van der Waals surface area contributed by atoms with Crippen LogP contribution >= 0.6 is 11.6 Å². The molecule has 166 valence electrons. The minimum Gasteiger partial charge on any atom is -0.462 e. The number of esters is 1. The van der Waals surface area contributed by atoms with E-state index in [1.165, 1.54) is 6.21 Å². The topological polar surface area (TPSA) is 80.9 Å². The number of hydrogen-bond acceptors (Lipinski definition) is 5. The first kappa shape index (κ1) is 23.3. The summed E-state index contributed by atoms with van der Waals surface area (Å²) in [6.07, 6.45) is 1.41. The fourth-order valence-corrected chi connectivity index (χ4v) is 3.16. The Hall–Kier alpha value is -3.38. The van der Waals surface area contributed by atoms with Gasteiger partial charge in [0.25, 0.3) is 5.91 Å². The summed E-state index contributed by atoms with van der Waals surface area (Å²) in [6, 6.07) is 15.9. The van der Waals surface area contributed by atoms with E-state index in [0.717, 1.165) is 5.56 Å². The summed E-state index contributed by atoms with van der Waals surface area (Å²) in [5, 5.41) is 4.27. The van der Waals surface area contributed by atoms with Gasteiger partial charge in [0, 0.05) is 11.1 Å². The molecule has 1 heterocycles. The molecule has 1 amide bonds. The summed E-state index contributed by atoms with van der Waals surface area (Å²) in [5.74, 6) is 0.157. The predicted octanol–water partition coefficient (Wildman–Crippen LogP) is 5.84. The van der Waals surface area contributed by atoms with E-state index in [9.17, 15) is 9.59 Å². The molecular weight excluding hydrogens is 428 g/mol. The van der Waals surface area contributed by atoms with E-state index >= 15 is 0 Å². The molecule has 3 aromatic rings. The molecule has 0 atom stereocenters. The zero-order valence-corrected chi connectivity index (χ0v) is 19.2. The van der Waals surface area contributed by atoms with Gasteiger partial charge >= 0.3 is 5.97 Å². The van der Waals surface area contributed by atoms with Crippen molar-refractivity contribution in [2.75, 3.05) is 6.61 Å². The minimum absolute atomic E-state index is 0.0192. The molecule has 1 N–H and O–H groups in total. The molecule has 0 spiro atoms. The Morgan fingerprint density at radius 1 is 1.09 bits per heavy atom. The van der Waals surface area contributed by atoms with Crippen molar-refractivity contribution >= 4 is 29.7 Å². The number of ether oxygens (including phenoxy) is 1. The second-order valence-corrected chi connectivity index (χ2v) is 8.55. The van der Waals surface area contributed by atoms with Gasteiger partial charge in [-0.1, -0.05) is 44.5 Å². The average Bonchev–Trinajstić information content (AvgIpc) is 3.22. The average molecular weight is 453 g/mol. The molecule has 0 aliphatic carbocycles. The van der Waals surface area contributed by atoms with Crippen molar-refractivity contribution in [2.45, 2.75) is 33.1 Å². The molecule has 0 aliphatic heterocycles. The molecule has 0 aliphatic rings. The Morgan fingerprint density at radius 3 is 2.47 bits per heavy atom. The normalized spacial score (nSPS) is 11.5. The smallest absolute Gasteiger partial charge is 0.339 e. The number of benzene rings is 2. The number of hydrazone groups is 1. The first-order valence-corrected chi connectivity index (χ1v) is 10.6. The predicted molar refractivity (Wildman–Crippen MR) is 125 cm³/mol. The maximum Gasteiger partial charge on any atom is 0.339 e. The minimum atomic E-state index is -0.495. The summed E-state index contributed by atoms with van der Waals surface area (Å²) in [6.45, 7) is 8.34. The summed E-state index contributed by atoms with van der Waals surface area (Å²) in [7, 11) is 0. The largest absolute Gasteiger partial charge is 0.462 e. The van der Waals surface area contributed by atoms with Crippen molar-refractivity contribution in [3.63, 3.8) is 0 Å². The van der Waals surface area contributed by atoms with Crippen LogP contribution in [0.25, 0.3) is 11.3 Å². The molecule has 0 bridgehead atoms. The van der Waals surface area contributed by atoms with E-state index in [0.29, 0.717) is 27.7 Å². The summed E-state index contributed by atoms with van der Waals surface area (Å²) >= 11 is 6.11. The van der Waals surface area contributed by atoms with Gasteiger partial charge in [0.05, 0.1) is 23.4 Å². The second-order valence-electron chi connectivity index (χ2n) is 8.14. The van der Waals surface area contributed by atoms with Gasteiger partial charge in [0.1, 0.15) is 11.5 Å². The van der Waals surface area contributed by atoms with Crippen molar-refractivity contribution in [3.05, 3.63) is 82.1 Å². The third kappa shape index (κ3) is 5.65. The van der Waals surface area contributed by atoms with Crippen LogP contribution in [0.3, 0.4) is 0 Å². The van der Waals surface area contributed by atoms with E-state index in [-0.39, 0.29) is 23.5 Å². The maximum atomic E-state index is 12.3. The Bertz CT molecular complexity index is 1140. The van der Waals surface area contributed by atoms with Crippen molar-refractivity contribution < 1.29 is 18.7 Å². The fourth-order valence-electron chi connectivity index (χ4n) is 2.96. The SMILES string of the molecule is CCOC(=O)c1cc(-c2ccc(/C=N\NC(=O)c3ccc(C(C)(C)C)cc3)o2)ccc1Cl. The summed E-state index contributed by atoms with van der Waals surface area (Å²) < 4.78 is 10.8. The van der Waals surface area contributed by atoms with Crippen molar-refractivity contribution in [2.24, 2.45) is 5.10 Å². The van der Waals surface area contributed by atoms with Gasteiger partial charge in [0.2, 0.25) is 0 Å². The fraction of sp³-hybridized carbons (Fsp3) is 0.240. The second kappa shape index (κ2) is 9.83. The van der Waals surface area contributed by atoms with Crippen molar-refractivity contribution in [1.29, 1.82) is 0 Å². The number of furan rings is 1. The molecule has 0 saturated heterocycles. The van der Waals surface area contributed by atoms with E-state index < -0.39 is 5.97 Å². The van der Waals surface area contributed by atoms with E-state index in [4.69, 9.17) is 20.8 Å². The molecule has 0 unspecified atom stereocenters. The first-order valence-electron chi connectivity index (χ1n) is 10.2. The number of halogens is 1. The van der Waals surface area contributed by atoms with Gasteiger partial charge in [-0.25, -0.2) is 10.2 Å². The van der Waals surface area contributed by atoms with Crippen LogP contribution in [-0.2, 0) is 10.2 Å². The lowest BCUT2D eigenvalue weighted by Crippen LogP contribution is -2.18. The third-order valence-corrected chi connectivity index (χ3v) is 5.07. The van der Waals surface area contributed by atoms with Gasteiger partial charge in [0.15, 0.2) is 0 Å². The lowest BCUT2D eigenvalue weighted by atomic mass is 9.87. The third-order valence-electron chi connectivity index (χ3n) is 4.74. The molecule has 1 aromatic heterocycles. The maximum absolute atomic E-state index is 12.3. The van der Waals surface area contributed by atoms with Gasteiger partial charge in [-0.15, -0.1) is 0 Å². The molecule has 0 radical (unpaired) electrons. The number of nitrogens with zero attached hydrogens (tertiary/aromatic N) is 1. The molecule has 6 nitrogen and oxygen atoms in total. The van der Waals surface area contributed by atoms with Crippen LogP contribution in [0.15, 0.2) is 64.1 Å². The number of amides is 1. The zero-order valence-electron chi connectivity index (χ0n) is 18.4.